The molecule has 0 unspecified atom stereocenters. The number of nitrogens with zero attached hydrogens (tertiary/aromatic N) is 3. The van der Waals surface area contributed by atoms with E-state index >= 15 is 0 Å². The number of benzene rings is 1. The maximum Gasteiger partial charge on any atom is 0.172 e. The summed E-state index contributed by atoms with van der Waals surface area (Å²) in [5.41, 5.74) is 7.77. The van der Waals surface area contributed by atoms with Crippen molar-refractivity contribution >= 4 is 11.5 Å². The minimum Gasteiger partial charge on any atom is -0.409 e. The van der Waals surface area contributed by atoms with Gasteiger partial charge in [0.25, 0.3) is 0 Å². The largest absolute Gasteiger partial charge is 0.409 e. The van der Waals surface area contributed by atoms with Gasteiger partial charge in [-0.1, -0.05) is 17.3 Å². The van der Waals surface area contributed by atoms with Crippen molar-refractivity contribution in [1.82, 2.24) is 4.90 Å². The van der Waals surface area contributed by atoms with Crippen LogP contribution in [0.4, 0.5) is 5.69 Å². The van der Waals surface area contributed by atoms with Crippen LogP contribution < -0.4 is 10.6 Å². The first-order valence-electron chi connectivity index (χ1n) is 6.96. The van der Waals surface area contributed by atoms with Gasteiger partial charge in [-0.3, -0.25) is 0 Å². The Morgan fingerprint density at radius 1 is 1.30 bits per heavy atom. The Balaban J connectivity index is 2.23. The molecule has 5 heteroatoms. The molecule has 5 nitrogen and oxygen atoms in total. The molecule has 3 N–H and O–H groups in total. The summed E-state index contributed by atoms with van der Waals surface area (Å²) < 4.78 is 0. The average molecular weight is 276 g/mol. The molecule has 1 fully saturated rings. The fourth-order valence-electron chi connectivity index (χ4n) is 2.94. The van der Waals surface area contributed by atoms with Gasteiger partial charge in [-0.25, -0.2) is 0 Å². The van der Waals surface area contributed by atoms with Gasteiger partial charge in [0.2, 0.25) is 0 Å². The van der Waals surface area contributed by atoms with E-state index < -0.39 is 0 Å². The number of hydrogen-bond acceptors (Lipinski definition) is 4. The van der Waals surface area contributed by atoms with Crippen LogP contribution in [0.5, 0.6) is 0 Å². The van der Waals surface area contributed by atoms with Crippen molar-refractivity contribution in [2.75, 3.05) is 32.6 Å². The van der Waals surface area contributed by atoms with E-state index in [1.807, 2.05) is 24.3 Å². The molecule has 0 spiro atoms. The lowest BCUT2D eigenvalue weighted by atomic mass is 9.75. The zero-order valence-electron chi connectivity index (χ0n) is 12.5. The van der Waals surface area contributed by atoms with Crippen LogP contribution in [0.2, 0.25) is 0 Å². The maximum absolute atomic E-state index is 8.91. The fraction of sp³-hybridized carbons (Fsp3) is 0.533. The molecule has 0 saturated heterocycles. The smallest absolute Gasteiger partial charge is 0.172 e. The van der Waals surface area contributed by atoms with E-state index in [1.165, 1.54) is 19.3 Å². The molecule has 2 rings (SSSR count). The van der Waals surface area contributed by atoms with Crippen LogP contribution in [0, 0.1) is 0 Å². The van der Waals surface area contributed by atoms with Crippen LogP contribution in [0.3, 0.4) is 0 Å². The van der Waals surface area contributed by atoms with E-state index in [-0.39, 0.29) is 11.4 Å². The van der Waals surface area contributed by atoms with Crippen molar-refractivity contribution < 1.29 is 5.21 Å². The summed E-state index contributed by atoms with van der Waals surface area (Å²) in [4.78, 5) is 4.52. The minimum absolute atomic E-state index is 0.153. The van der Waals surface area contributed by atoms with Gasteiger partial charge in [0.15, 0.2) is 5.84 Å². The number of rotatable bonds is 5. The molecule has 1 aromatic carbocycles. The second kappa shape index (κ2) is 5.71. The lowest BCUT2D eigenvalue weighted by Crippen LogP contribution is -2.56. The van der Waals surface area contributed by atoms with Gasteiger partial charge in [-0.2, -0.15) is 0 Å². The SMILES string of the molecule is CN(CC1(N(C)C)CCC1)c1ccccc1/C(N)=N/O. The summed E-state index contributed by atoms with van der Waals surface area (Å²) in [5.74, 6) is 0.153. The van der Waals surface area contributed by atoms with Crippen molar-refractivity contribution in [2.24, 2.45) is 10.9 Å². The molecule has 1 saturated carbocycles. The summed E-state index contributed by atoms with van der Waals surface area (Å²) in [6.45, 7) is 0.940. The first-order valence-corrected chi connectivity index (χ1v) is 6.96. The summed E-state index contributed by atoms with van der Waals surface area (Å²) in [5, 5.41) is 12.0. The lowest BCUT2D eigenvalue weighted by molar-refractivity contribution is 0.0683. The zero-order chi connectivity index (χ0) is 14.8. The molecule has 1 aromatic rings. The second-order valence-corrected chi connectivity index (χ2v) is 5.83. The Kier molecular flexibility index (Phi) is 4.18. The highest BCUT2D eigenvalue weighted by Gasteiger charge is 2.40. The third kappa shape index (κ3) is 2.58. The van der Waals surface area contributed by atoms with Crippen molar-refractivity contribution in [3.63, 3.8) is 0 Å². The van der Waals surface area contributed by atoms with Gasteiger partial charge < -0.3 is 20.7 Å². The van der Waals surface area contributed by atoms with Crippen LogP contribution in [-0.4, -0.2) is 49.2 Å². The molecule has 110 valence electrons. The molecule has 0 bridgehead atoms. The van der Waals surface area contributed by atoms with Crippen LogP contribution in [-0.2, 0) is 0 Å². The number of hydrogen-bond donors (Lipinski definition) is 2. The quantitative estimate of drug-likeness (QED) is 0.372. The Bertz CT molecular complexity index is 494. The Hall–Kier alpha value is -1.75. The predicted molar refractivity (Wildman–Crippen MR) is 82.5 cm³/mol. The highest BCUT2D eigenvalue weighted by Crippen LogP contribution is 2.37. The molecule has 1 aliphatic carbocycles. The molecular formula is C15H24N4O. The van der Waals surface area contributed by atoms with E-state index in [0.717, 1.165) is 17.8 Å². The third-order valence-corrected chi connectivity index (χ3v) is 4.46. The fourth-order valence-corrected chi connectivity index (χ4v) is 2.94. The molecular weight excluding hydrogens is 252 g/mol. The summed E-state index contributed by atoms with van der Waals surface area (Å²) in [7, 11) is 6.35. The van der Waals surface area contributed by atoms with E-state index in [4.69, 9.17) is 10.9 Å². The monoisotopic (exact) mass is 276 g/mol. The van der Waals surface area contributed by atoms with Crippen LogP contribution >= 0.6 is 0 Å². The first kappa shape index (κ1) is 14.7. The lowest BCUT2D eigenvalue weighted by Gasteiger charge is -2.49. The molecule has 0 radical (unpaired) electrons. The maximum atomic E-state index is 8.91. The van der Waals surface area contributed by atoms with Gasteiger partial charge in [0, 0.05) is 30.4 Å². The standard InChI is InChI=1S/C15H24N4O/c1-18(2)15(9-6-10-15)11-19(3)13-8-5-4-7-12(13)14(16)17-20/h4-5,7-8,20H,6,9-11H2,1-3H3,(H2,16,17). The predicted octanol–water partition coefficient (Wildman–Crippen LogP) is 1.70. The minimum atomic E-state index is 0.153. The number of likely N-dealkylation sites (N-methyl/N-ethyl adjacent to an activating group) is 2. The van der Waals surface area contributed by atoms with E-state index in [2.05, 4.69) is 36.1 Å². The average Bonchev–Trinajstić information content (AvgIpc) is 2.41. The van der Waals surface area contributed by atoms with Gasteiger partial charge in [0.05, 0.1) is 0 Å². The van der Waals surface area contributed by atoms with Crippen LogP contribution in [0.1, 0.15) is 24.8 Å². The Labute approximate surface area is 120 Å². The summed E-state index contributed by atoms with van der Waals surface area (Å²) in [6, 6.07) is 7.76. The van der Waals surface area contributed by atoms with Gasteiger partial charge in [0.1, 0.15) is 0 Å². The highest BCUT2D eigenvalue weighted by atomic mass is 16.4. The van der Waals surface area contributed by atoms with Gasteiger partial charge in [-0.05, 0) is 45.5 Å². The van der Waals surface area contributed by atoms with Gasteiger partial charge >= 0.3 is 0 Å². The number of nitrogens with two attached hydrogens (primary N) is 1. The Morgan fingerprint density at radius 2 is 1.95 bits per heavy atom. The van der Waals surface area contributed by atoms with E-state index in [1.54, 1.807) is 0 Å². The van der Waals surface area contributed by atoms with E-state index in [0.29, 0.717) is 0 Å². The zero-order valence-corrected chi connectivity index (χ0v) is 12.5. The second-order valence-electron chi connectivity index (χ2n) is 5.83. The Morgan fingerprint density at radius 3 is 2.45 bits per heavy atom. The van der Waals surface area contributed by atoms with Crippen molar-refractivity contribution in [1.29, 1.82) is 0 Å². The van der Waals surface area contributed by atoms with Crippen LogP contribution in [0.25, 0.3) is 0 Å². The molecule has 0 heterocycles. The van der Waals surface area contributed by atoms with Gasteiger partial charge in [-0.15, -0.1) is 0 Å². The number of anilines is 1. The summed E-state index contributed by atoms with van der Waals surface area (Å²) >= 11 is 0. The molecule has 1 aliphatic rings. The first-order chi connectivity index (χ1) is 9.50. The number of para-hydroxylation sites is 1. The molecule has 0 amide bonds. The van der Waals surface area contributed by atoms with Crippen LogP contribution in [0.15, 0.2) is 29.4 Å². The molecule has 0 aliphatic heterocycles. The topological polar surface area (TPSA) is 65.1 Å². The van der Waals surface area contributed by atoms with E-state index in [9.17, 15) is 0 Å². The van der Waals surface area contributed by atoms with Crippen molar-refractivity contribution in [3.8, 4) is 0 Å². The molecule has 0 aromatic heterocycles. The normalized spacial score (nSPS) is 17.9. The molecule has 0 atom stereocenters. The van der Waals surface area contributed by atoms with Crippen molar-refractivity contribution in [3.05, 3.63) is 29.8 Å². The third-order valence-electron chi connectivity index (χ3n) is 4.46. The molecule has 20 heavy (non-hydrogen) atoms. The summed E-state index contributed by atoms with van der Waals surface area (Å²) in [6.07, 6.45) is 3.72. The number of amidine groups is 1. The highest BCUT2D eigenvalue weighted by molar-refractivity contribution is 6.02. The van der Waals surface area contributed by atoms with Crippen molar-refractivity contribution in [2.45, 2.75) is 24.8 Å². The number of oxime groups is 1.